The molecule has 0 aromatic rings. The van der Waals surface area contributed by atoms with E-state index in [2.05, 4.69) is 19.2 Å². The lowest BCUT2D eigenvalue weighted by Gasteiger charge is -1.94. The maximum atomic E-state index is 4.85. The molecule has 0 unspecified atom stereocenters. The van der Waals surface area contributed by atoms with Gasteiger partial charge in [-0.3, -0.25) is 0 Å². The second-order valence-electron chi connectivity index (χ2n) is 1.43. The standard InChI is InChI=1S/C6H9IO/c1-3-5-6(4-2)8-7/h2-3,5H2,1H3. The molecule has 0 aliphatic heterocycles. The number of rotatable bonds is 3. The zero-order valence-corrected chi connectivity index (χ0v) is 7.07. The number of hydrogen-bond acceptors (Lipinski definition) is 1. The molecule has 0 fully saturated rings. The molecule has 0 aromatic carbocycles. The van der Waals surface area contributed by atoms with Crippen molar-refractivity contribution in [2.45, 2.75) is 19.8 Å². The molecule has 0 aliphatic carbocycles. The topological polar surface area (TPSA) is 9.23 Å². The Hall–Kier alpha value is 0.0500. The normalized spacial score (nSPS) is 7.75. The summed E-state index contributed by atoms with van der Waals surface area (Å²) in [5.74, 6) is 0.841. The van der Waals surface area contributed by atoms with Gasteiger partial charge in [0, 0.05) is 6.42 Å². The molecule has 0 saturated heterocycles. The fraction of sp³-hybridized carbons (Fsp3) is 0.500. The van der Waals surface area contributed by atoms with Crippen LogP contribution in [0.15, 0.2) is 18.1 Å². The van der Waals surface area contributed by atoms with Crippen LogP contribution in [0.5, 0.6) is 0 Å². The molecule has 0 atom stereocenters. The van der Waals surface area contributed by atoms with E-state index in [4.69, 9.17) is 3.07 Å². The highest BCUT2D eigenvalue weighted by Crippen LogP contribution is 2.07. The first-order valence-electron chi connectivity index (χ1n) is 2.52. The predicted molar refractivity (Wildman–Crippen MR) is 42.7 cm³/mol. The molecule has 0 bridgehead atoms. The molecule has 0 saturated carbocycles. The van der Waals surface area contributed by atoms with Crippen molar-refractivity contribution in [1.29, 1.82) is 0 Å². The third kappa shape index (κ3) is 3.10. The Bertz CT molecular complexity index is 103. The third-order valence-electron chi connectivity index (χ3n) is 0.767. The molecule has 46 valence electrons. The monoisotopic (exact) mass is 224 g/mol. The van der Waals surface area contributed by atoms with Gasteiger partial charge in [-0.25, -0.2) is 0 Å². The Morgan fingerprint density at radius 2 is 2.50 bits per heavy atom. The van der Waals surface area contributed by atoms with Gasteiger partial charge in [0.15, 0.2) is 28.8 Å². The van der Waals surface area contributed by atoms with Crippen LogP contribution in [-0.4, -0.2) is 0 Å². The van der Waals surface area contributed by atoms with Crippen molar-refractivity contribution in [3.05, 3.63) is 18.1 Å². The Kier molecular flexibility index (Phi) is 5.22. The van der Waals surface area contributed by atoms with E-state index in [0.29, 0.717) is 0 Å². The predicted octanol–water partition coefficient (Wildman–Crippen LogP) is 2.82. The first-order chi connectivity index (χ1) is 3.85. The Morgan fingerprint density at radius 3 is 2.62 bits per heavy atom. The summed E-state index contributed by atoms with van der Waals surface area (Å²) in [6, 6.07) is 0. The van der Waals surface area contributed by atoms with Crippen molar-refractivity contribution in [1.82, 2.24) is 0 Å². The van der Waals surface area contributed by atoms with Crippen molar-refractivity contribution in [3.8, 4) is 0 Å². The lowest BCUT2D eigenvalue weighted by Crippen LogP contribution is -1.76. The smallest absolute Gasteiger partial charge is 0.192 e. The van der Waals surface area contributed by atoms with Gasteiger partial charge in [-0.05, 0) is 6.42 Å². The van der Waals surface area contributed by atoms with Crippen LogP contribution in [0, 0.1) is 0 Å². The average Bonchev–Trinajstić information content (AvgIpc) is 1.83. The fourth-order valence-corrected chi connectivity index (χ4v) is 0.757. The van der Waals surface area contributed by atoms with Gasteiger partial charge in [0.2, 0.25) is 0 Å². The molecule has 0 aliphatic rings. The number of allylic oxidation sites excluding steroid dienone is 1. The number of halogens is 1. The Labute approximate surface area is 64.1 Å². The molecular weight excluding hydrogens is 215 g/mol. The van der Waals surface area contributed by atoms with E-state index in [0.717, 1.165) is 18.6 Å². The van der Waals surface area contributed by atoms with Crippen LogP contribution in [-0.2, 0) is 3.07 Å². The van der Waals surface area contributed by atoms with E-state index in [1.807, 2.05) is 23.0 Å². The first-order valence-corrected chi connectivity index (χ1v) is 3.40. The van der Waals surface area contributed by atoms with Gasteiger partial charge < -0.3 is 3.07 Å². The van der Waals surface area contributed by atoms with Crippen molar-refractivity contribution >= 4 is 23.0 Å². The van der Waals surface area contributed by atoms with Crippen molar-refractivity contribution in [3.63, 3.8) is 0 Å². The number of hydrogen-bond donors (Lipinski definition) is 0. The van der Waals surface area contributed by atoms with Crippen LogP contribution >= 0.6 is 23.0 Å². The summed E-state index contributed by atoms with van der Waals surface area (Å²) in [7, 11) is 0. The van der Waals surface area contributed by atoms with Gasteiger partial charge in [0.05, 0.1) is 0 Å². The summed E-state index contributed by atoms with van der Waals surface area (Å²) in [4.78, 5) is 0. The Morgan fingerprint density at radius 1 is 1.88 bits per heavy atom. The molecule has 8 heavy (non-hydrogen) atoms. The van der Waals surface area contributed by atoms with E-state index in [1.165, 1.54) is 0 Å². The minimum atomic E-state index is 0.841. The average molecular weight is 224 g/mol. The van der Waals surface area contributed by atoms with Gasteiger partial charge in [-0.2, -0.15) is 0 Å². The molecule has 0 spiro atoms. The molecule has 0 radical (unpaired) electrons. The van der Waals surface area contributed by atoms with Crippen LogP contribution in [0.3, 0.4) is 0 Å². The van der Waals surface area contributed by atoms with E-state index < -0.39 is 0 Å². The van der Waals surface area contributed by atoms with Gasteiger partial charge in [0.25, 0.3) is 0 Å². The second kappa shape index (κ2) is 5.19. The Balaban J connectivity index is 3.55. The van der Waals surface area contributed by atoms with Crippen LogP contribution in [0.4, 0.5) is 0 Å². The molecule has 2 heteroatoms. The highest BCUT2D eigenvalue weighted by atomic mass is 127. The van der Waals surface area contributed by atoms with Crippen molar-refractivity contribution in [2.75, 3.05) is 0 Å². The minimum Gasteiger partial charge on any atom is -0.424 e. The van der Waals surface area contributed by atoms with Crippen molar-refractivity contribution < 1.29 is 3.07 Å². The molecule has 0 amide bonds. The second-order valence-corrected chi connectivity index (χ2v) is 1.87. The summed E-state index contributed by atoms with van der Waals surface area (Å²) in [6.45, 7) is 5.55. The van der Waals surface area contributed by atoms with Gasteiger partial charge in [-0.1, -0.05) is 19.2 Å². The minimum absolute atomic E-state index is 0.841. The quantitative estimate of drug-likeness (QED) is 0.407. The van der Waals surface area contributed by atoms with Gasteiger partial charge in [-0.15, -0.1) is 0 Å². The van der Waals surface area contributed by atoms with Gasteiger partial charge in [0.1, 0.15) is 0 Å². The van der Waals surface area contributed by atoms with Crippen molar-refractivity contribution in [2.24, 2.45) is 0 Å². The van der Waals surface area contributed by atoms with Crippen LogP contribution in [0.25, 0.3) is 0 Å². The lowest BCUT2D eigenvalue weighted by molar-refractivity contribution is 0.523. The highest BCUT2D eigenvalue weighted by molar-refractivity contribution is 14.1. The highest BCUT2D eigenvalue weighted by Gasteiger charge is 1.89. The first kappa shape index (κ1) is 8.05. The molecule has 0 rings (SSSR count). The molecular formula is C6H9IO. The van der Waals surface area contributed by atoms with Crippen LogP contribution in [0.2, 0.25) is 0 Å². The van der Waals surface area contributed by atoms with E-state index in [-0.39, 0.29) is 0 Å². The summed E-state index contributed by atoms with van der Waals surface area (Å²) in [6.07, 6.45) is 2.02. The summed E-state index contributed by atoms with van der Waals surface area (Å²) >= 11 is 1.83. The SMILES string of the molecule is C=C=C(CCC)OI. The zero-order chi connectivity index (χ0) is 6.41. The fourth-order valence-electron chi connectivity index (χ4n) is 0.381. The molecule has 0 heterocycles. The maximum Gasteiger partial charge on any atom is 0.192 e. The molecule has 0 N–H and O–H groups in total. The van der Waals surface area contributed by atoms with Gasteiger partial charge >= 0.3 is 0 Å². The largest absolute Gasteiger partial charge is 0.424 e. The van der Waals surface area contributed by atoms with E-state index in [9.17, 15) is 0 Å². The van der Waals surface area contributed by atoms with E-state index >= 15 is 0 Å². The molecule has 0 aromatic heterocycles. The zero-order valence-electron chi connectivity index (χ0n) is 4.91. The molecule has 1 nitrogen and oxygen atoms in total. The summed E-state index contributed by atoms with van der Waals surface area (Å²) < 4.78 is 4.85. The lowest BCUT2D eigenvalue weighted by atomic mass is 10.3. The maximum absolute atomic E-state index is 4.85. The third-order valence-corrected chi connectivity index (χ3v) is 1.30. The van der Waals surface area contributed by atoms with E-state index in [1.54, 1.807) is 0 Å². The van der Waals surface area contributed by atoms with Crippen LogP contribution in [0.1, 0.15) is 19.8 Å². The summed E-state index contributed by atoms with van der Waals surface area (Å²) in [5.41, 5.74) is 2.69. The van der Waals surface area contributed by atoms with Crippen LogP contribution < -0.4 is 0 Å². The summed E-state index contributed by atoms with van der Waals surface area (Å²) in [5, 5.41) is 0.